The average molecular weight is 595 g/mol. The Balaban J connectivity index is 1.71. The summed E-state index contributed by atoms with van der Waals surface area (Å²) in [5.41, 5.74) is 4.06. The van der Waals surface area contributed by atoms with Crippen LogP contribution in [0.4, 0.5) is 8.78 Å². The number of aromatic nitrogens is 2. The van der Waals surface area contributed by atoms with Crippen molar-refractivity contribution in [1.29, 1.82) is 0 Å². The highest BCUT2D eigenvalue weighted by Gasteiger charge is 2.32. The Hall–Kier alpha value is -3.40. The van der Waals surface area contributed by atoms with Gasteiger partial charge < -0.3 is 4.74 Å². The number of hydrogen-bond acceptors (Lipinski definition) is 4. The average Bonchev–Trinajstić information content (AvgIpc) is 3.24. The molecule has 5 nitrogen and oxygen atoms in total. The van der Waals surface area contributed by atoms with Crippen LogP contribution in [-0.4, -0.2) is 30.6 Å². The molecule has 0 unspecified atom stereocenters. The van der Waals surface area contributed by atoms with Crippen LogP contribution in [0.15, 0.2) is 101 Å². The molecule has 2 aromatic heterocycles. The third-order valence-corrected chi connectivity index (χ3v) is 9.02. The van der Waals surface area contributed by atoms with Crippen molar-refractivity contribution in [3.63, 3.8) is 0 Å². The van der Waals surface area contributed by atoms with Gasteiger partial charge in [0.1, 0.15) is 0 Å². The molecule has 0 atom stereocenters. The molecule has 1 aliphatic heterocycles. The molecule has 0 amide bonds. The number of ether oxygens (including phenoxy) is 1. The van der Waals surface area contributed by atoms with Crippen molar-refractivity contribution in [3.05, 3.63) is 107 Å². The van der Waals surface area contributed by atoms with Crippen LogP contribution >= 0.6 is 15.9 Å². The van der Waals surface area contributed by atoms with Gasteiger partial charge in [0.25, 0.3) is 16.4 Å². The third kappa shape index (κ3) is 4.15. The van der Waals surface area contributed by atoms with Gasteiger partial charge in [-0.3, -0.25) is 4.98 Å². The lowest BCUT2D eigenvalue weighted by Crippen LogP contribution is -2.25. The number of benzene rings is 3. The zero-order valence-electron chi connectivity index (χ0n) is 19.9. The summed E-state index contributed by atoms with van der Waals surface area (Å²) in [6.45, 7) is 1.18. The molecule has 192 valence electrons. The topological polar surface area (TPSA) is 61.2 Å². The van der Waals surface area contributed by atoms with Crippen LogP contribution in [0, 0.1) is 0 Å². The van der Waals surface area contributed by atoms with Crippen molar-refractivity contribution < 1.29 is 21.9 Å². The second-order valence-corrected chi connectivity index (χ2v) is 11.8. The van der Waals surface area contributed by atoms with Crippen LogP contribution in [0.25, 0.3) is 33.3 Å². The predicted molar refractivity (Wildman–Crippen MR) is 146 cm³/mol. The Morgan fingerprint density at radius 3 is 2.42 bits per heavy atom. The fourth-order valence-electron chi connectivity index (χ4n) is 4.91. The lowest BCUT2D eigenvalue weighted by molar-refractivity contribution is 0.00864. The molecular weight excluding hydrogens is 574 g/mol. The minimum atomic E-state index is -4.21. The Morgan fingerprint density at radius 1 is 0.974 bits per heavy atom. The number of hydrogen-bond donors (Lipinski definition) is 0. The van der Waals surface area contributed by atoms with Crippen LogP contribution in [-0.2, 0) is 14.8 Å². The Morgan fingerprint density at radius 2 is 1.74 bits per heavy atom. The maximum atomic E-state index is 14.3. The highest BCUT2D eigenvalue weighted by molar-refractivity contribution is 9.10. The van der Waals surface area contributed by atoms with E-state index in [1.165, 1.54) is 16.1 Å². The standard InChI is InChI=1S/C29H21BrF2N2O3S/c30-21-5-3-4-19(14-21)28-27(24-7-2-1-6-23(24)20-16-37-17-20)25-15-33-13-12-26(25)34(28)38(35,36)22-10-8-18(9-11-22)29(31)32/h1-15,20,29H,16-17H2. The highest BCUT2D eigenvalue weighted by Crippen LogP contribution is 2.46. The Kier molecular flexibility index (Phi) is 6.37. The van der Waals surface area contributed by atoms with Crippen LogP contribution in [0.2, 0.25) is 0 Å². The minimum Gasteiger partial charge on any atom is -0.380 e. The molecule has 9 heteroatoms. The number of nitrogens with zero attached hydrogens (tertiary/aromatic N) is 2. The van der Waals surface area contributed by atoms with E-state index < -0.39 is 16.4 Å². The number of fused-ring (bicyclic) bond motifs is 1. The van der Waals surface area contributed by atoms with Gasteiger partial charge in [0.15, 0.2) is 0 Å². The molecule has 0 aliphatic carbocycles. The molecule has 3 heterocycles. The van der Waals surface area contributed by atoms with Gasteiger partial charge in [-0.05, 0) is 41.5 Å². The van der Waals surface area contributed by atoms with Gasteiger partial charge >= 0.3 is 0 Å². The number of pyridine rings is 1. The van der Waals surface area contributed by atoms with Gasteiger partial charge in [0.2, 0.25) is 0 Å². The van der Waals surface area contributed by atoms with E-state index >= 15 is 0 Å². The van der Waals surface area contributed by atoms with E-state index in [0.717, 1.165) is 33.3 Å². The van der Waals surface area contributed by atoms with E-state index in [1.54, 1.807) is 18.5 Å². The molecular formula is C29H21BrF2N2O3S. The fourth-order valence-corrected chi connectivity index (χ4v) is 6.86. The molecule has 1 fully saturated rings. The number of alkyl halides is 2. The first-order valence-electron chi connectivity index (χ1n) is 11.9. The van der Waals surface area contributed by atoms with Gasteiger partial charge in [-0.2, -0.15) is 0 Å². The second-order valence-electron chi connectivity index (χ2n) is 9.09. The van der Waals surface area contributed by atoms with Crippen molar-refractivity contribution in [2.45, 2.75) is 17.2 Å². The smallest absolute Gasteiger partial charge is 0.268 e. The first-order chi connectivity index (χ1) is 18.4. The van der Waals surface area contributed by atoms with E-state index in [9.17, 15) is 17.2 Å². The lowest BCUT2D eigenvalue weighted by atomic mass is 9.87. The monoisotopic (exact) mass is 594 g/mol. The highest BCUT2D eigenvalue weighted by atomic mass is 79.9. The van der Waals surface area contributed by atoms with Crippen molar-refractivity contribution in [3.8, 4) is 22.4 Å². The first kappa shape index (κ1) is 24.9. The van der Waals surface area contributed by atoms with E-state index in [1.807, 2.05) is 48.5 Å². The summed E-state index contributed by atoms with van der Waals surface area (Å²) < 4.78 is 62.5. The molecule has 0 bridgehead atoms. The molecule has 0 spiro atoms. The van der Waals surface area contributed by atoms with Crippen molar-refractivity contribution >= 4 is 36.9 Å². The van der Waals surface area contributed by atoms with Crippen LogP contribution in [0.1, 0.15) is 23.5 Å². The summed E-state index contributed by atoms with van der Waals surface area (Å²) in [4.78, 5) is 4.25. The SMILES string of the molecule is O=S(=O)(c1ccc(C(F)F)cc1)n1c(-c2cccc(Br)c2)c(-c2ccccc2C2COC2)c2cnccc21. The summed E-state index contributed by atoms with van der Waals surface area (Å²) in [5, 5.41) is 0.669. The molecule has 1 saturated heterocycles. The largest absolute Gasteiger partial charge is 0.380 e. The van der Waals surface area contributed by atoms with Gasteiger partial charge in [0, 0.05) is 44.9 Å². The summed E-state index contributed by atoms with van der Waals surface area (Å²) in [6, 6.07) is 21.8. The molecule has 3 aromatic carbocycles. The first-order valence-corrected chi connectivity index (χ1v) is 14.1. The minimum absolute atomic E-state index is 0.0842. The second kappa shape index (κ2) is 9.72. The van der Waals surface area contributed by atoms with Crippen LogP contribution in [0.5, 0.6) is 0 Å². The van der Waals surface area contributed by atoms with E-state index in [4.69, 9.17) is 4.74 Å². The summed E-state index contributed by atoms with van der Waals surface area (Å²) in [7, 11) is -4.21. The summed E-state index contributed by atoms with van der Waals surface area (Å²) in [5.74, 6) is 0.190. The van der Waals surface area contributed by atoms with Gasteiger partial charge in [-0.25, -0.2) is 21.2 Å². The normalized spacial score (nSPS) is 14.2. The van der Waals surface area contributed by atoms with Gasteiger partial charge in [0.05, 0.1) is 29.3 Å². The number of halogens is 3. The molecule has 5 aromatic rings. The molecule has 38 heavy (non-hydrogen) atoms. The third-order valence-electron chi connectivity index (χ3n) is 6.80. The van der Waals surface area contributed by atoms with Crippen LogP contribution < -0.4 is 0 Å². The fraction of sp³-hybridized carbons (Fsp3) is 0.138. The quantitative estimate of drug-likeness (QED) is 0.205. The molecule has 0 saturated carbocycles. The molecule has 0 N–H and O–H groups in total. The van der Waals surface area contributed by atoms with E-state index in [2.05, 4.69) is 20.9 Å². The summed E-state index contributed by atoms with van der Waals surface area (Å²) >= 11 is 3.52. The van der Waals surface area contributed by atoms with Gasteiger partial charge in [-0.15, -0.1) is 0 Å². The Bertz CT molecular complexity index is 1760. The van der Waals surface area contributed by atoms with E-state index in [0.29, 0.717) is 35.4 Å². The van der Waals surface area contributed by atoms with Gasteiger partial charge in [-0.1, -0.05) is 64.5 Å². The zero-order chi connectivity index (χ0) is 26.4. The van der Waals surface area contributed by atoms with Crippen LogP contribution in [0.3, 0.4) is 0 Å². The maximum Gasteiger partial charge on any atom is 0.268 e. The summed E-state index contributed by atoms with van der Waals surface area (Å²) in [6.07, 6.45) is 0.529. The molecule has 6 rings (SSSR count). The molecule has 0 radical (unpaired) electrons. The van der Waals surface area contributed by atoms with Crippen molar-refractivity contribution in [2.24, 2.45) is 0 Å². The lowest BCUT2D eigenvalue weighted by Gasteiger charge is -2.28. The zero-order valence-corrected chi connectivity index (χ0v) is 22.3. The predicted octanol–water partition coefficient (Wildman–Crippen LogP) is 7.42. The van der Waals surface area contributed by atoms with E-state index in [-0.39, 0.29) is 16.4 Å². The molecule has 1 aliphatic rings. The van der Waals surface area contributed by atoms with Crippen molar-refractivity contribution in [1.82, 2.24) is 8.96 Å². The Labute approximate surface area is 226 Å². The maximum absolute atomic E-state index is 14.3. The number of rotatable bonds is 6. The van der Waals surface area contributed by atoms with Crippen molar-refractivity contribution in [2.75, 3.05) is 13.2 Å².